The van der Waals surface area contributed by atoms with Crippen molar-refractivity contribution in [2.24, 2.45) is 5.92 Å². The van der Waals surface area contributed by atoms with E-state index in [1.807, 2.05) is 24.5 Å². The molecule has 0 saturated heterocycles. The predicted octanol–water partition coefficient (Wildman–Crippen LogP) is 2.88. The summed E-state index contributed by atoms with van der Waals surface area (Å²) < 4.78 is 1.92. The molecule has 1 aromatic heterocycles. The number of carboxylic acids is 1. The van der Waals surface area contributed by atoms with Gasteiger partial charge in [-0.2, -0.15) is 0 Å². The Hall–Kier alpha value is -1.88. The van der Waals surface area contributed by atoms with Crippen molar-refractivity contribution in [1.29, 1.82) is 0 Å². The standard InChI is InChI=1S/C16H22N2O3/c1-4-6-14-17-12-8-5-7-11(16(20)21)15(12)18(14)13(9-19)10(2)3/h5,7-8,10,13,19H,4,6,9H2,1-3H3,(H,20,21). The molecule has 2 N–H and O–H groups in total. The van der Waals surface area contributed by atoms with Crippen molar-refractivity contribution in [3.63, 3.8) is 0 Å². The van der Waals surface area contributed by atoms with Gasteiger partial charge >= 0.3 is 5.97 Å². The van der Waals surface area contributed by atoms with Gasteiger partial charge in [0.1, 0.15) is 5.82 Å². The van der Waals surface area contributed by atoms with E-state index in [1.165, 1.54) is 0 Å². The maximum atomic E-state index is 11.5. The molecule has 5 heteroatoms. The van der Waals surface area contributed by atoms with E-state index in [1.54, 1.807) is 12.1 Å². The van der Waals surface area contributed by atoms with Crippen LogP contribution in [-0.2, 0) is 6.42 Å². The second-order valence-corrected chi connectivity index (χ2v) is 5.62. The molecular formula is C16H22N2O3. The smallest absolute Gasteiger partial charge is 0.337 e. The lowest BCUT2D eigenvalue weighted by Gasteiger charge is -2.23. The summed E-state index contributed by atoms with van der Waals surface area (Å²) in [5, 5.41) is 19.2. The summed E-state index contributed by atoms with van der Waals surface area (Å²) in [4.78, 5) is 16.1. The van der Waals surface area contributed by atoms with Gasteiger partial charge < -0.3 is 14.8 Å². The van der Waals surface area contributed by atoms with E-state index in [0.29, 0.717) is 11.0 Å². The molecule has 0 aliphatic heterocycles. The zero-order valence-electron chi connectivity index (χ0n) is 12.7. The largest absolute Gasteiger partial charge is 0.478 e. The van der Waals surface area contributed by atoms with Crippen LogP contribution in [0, 0.1) is 5.92 Å². The highest BCUT2D eigenvalue weighted by Crippen LogP contribution is 2.29. The maximum absolute atomic E-state index is 11.5. The first kappa shape index (κ1) is 15.5. The number of para-hydroxylation sites is 1. The third-order valence-electron chi connectivity index (χ3n) is 3.78. The predicted molar refractivity (Wildman–Crippen MR) is 81.6 cm³/mol. The molecule has 2 rings (SSSR count). The number of rotatable bonds is 6. The van der Waals surface area contributed by atoms with Gasteiger partial charge in [-0.3, -0.25) is 0 Å². The zero-order valence-corrected chi connectivity index (χ0v) is 12.7. The van der Waals surface area contributed by atoms with Crippen molar-refractivity contribution in [2.45, 2.75) is 39.7 Å². The van der Waals surface area contributed by atoms with Gasteiger partial charge in [0.15, 0.2) is 0 Å². The van der Waals surface area contributed by atoms with Crippen LogP contribution >= 0.6 is 0 Å². The molecule has 5 nitrogen and oxygen atoms in total. The van der Waals surface area contributed by atoms with Crippen molar-refractivity contribution in [3.8, 4) is 0 Å². The number of benzene rings is 1. The Morgan fingerprint density at radius 1 is 1.38 bits per heavy atom. The van der Waals surface area contributed by atoms with Gasteiger partial charge in [0, 0.05) is 6.42 Å². The van der Waals surface area contributed by atoms with Gasteiger partial charge in [0.05, 0.1) is 29.2 Å². The molecule has 114 valence electrons. The highest BCUT2D eigenvalue weighted by Gasteiger charge is 2.24. The van der Waals surface area contributed by atoms with Crippen LogP contribution in [-0.4, -0.2) is 32.3 Å². The van der Waals surface area contributed by atoms with Crippen LogP contribution < -0.4 is 0 Å². The van der Waals surface area contributed by atoms with E-state index >= 15 is 0 Å². The summed E-state index contributed by atoms with van der Waals surface area (Å²) in [5.74, 6) is 0.0593. The first-order valence-electron chi connectivity index (χ1n) is 7.35. The minimum Gasteiger partial charge on any atom is -0.478 e. The maximum Gasteiger partial charge on any atom is 0.337 e. The summed E-state index contributed by atoms with van der Waals surface area (Å²) in [6, 6.07) is 4.96. The lowest BCUT2D eigenvalue weighted by molar-refractivity contribution is 0.0698. The molecule has 1 aromatic carbocycles. The Labute approximate surface area is 124 Å². The lowest BCUT2D eigenvalue weighted by atomic mass is 10.0. The van der Waals surface area contributed by atoms with Crippen LogP contribution in [0.5, 0.6) is 0 Å². The first-order chi connectivity index (χ1) is 10.0. The molecule has 0 saturated carbocycles. The summed E-state index contributed by atoms with van der Waals surface area (Å²) in [7, 11) is 0. The highest BCUT2D eigenvalue weighted by molar-refractivity contribution is 6.01. The van der Waals surface area contributed by atoms with Crippen molar-refractivity contribution < 1.29 is 15.0 Å². The van der Waals surface area contributed by atoms with Crippen molar-refractivity contribution >= 4 is 17.0 Å². The molecule has 2 aromatic rings. The minimum atomic E-state index is -0.967. The number of aliphatic hydroxyl groups is 1. The molecule has 0 fully saturated rings. The first-order valence-corrected chi connectivity index (χ1v) is 7.35. The Bertz CT molecular complexity index is 646. The average molecular weight is 290 g/mol. The quantitative estimate of drug-likeness (QED) is 0.857. The van der Waals surface area contributed by atoms with Crippen molar-refractivity contribution in [3.05, 3.63) is 29.6 Å². The molecule has 0 radical (unpaired) electrons. The van der Waals surface area contributed by atoms with E-state index < -0.39 is 5.97 Å². The molecule has 0 amide bonds. The van der Waals surface area contributed by atoms with Gasteiger partial charge in [0.25, 0.3) is 0 Å². The molecule has 0 aliphatic carbocycles. The highest BCUT2D eigenvalue weighted by atomic mass is 16.4. The number of hydrogen-bond acceptors (Lipinski definition) is 3. The lowest BCUT2D eigenvalue weighted by Crippen LogP contribution is -2.22. The topological polar surface area (TPSA) is 75.3 Å². The van der Waals surface area contributed by atoms with Crippen LogP contribution in [0.25, 0.3) is 11.0 Å². The van der Waals surface area contributed by atoms with Crippen LogP contribution in [0.4, 0.5) is 0 Å². The Kier molecular flexibility index (Phi) is 4.63. The second kappa shape index (κ2) is 6.26. The van der Waals surface area contributed by atoms with Gasteiger partial charge in [0.2, 0.25) is 0 Å². The molecule has 0 bridgehead atoms. The zero-order chi connectivity index (χ0) is 15.6. The van der Waals surface area contributed by atoms with Crippen molar-refractivity contribution in [1.82, 2.24) is 9.55 Å². The Balaban J connectivity index is 2.79. The van der Waals surface area contributed by atoms with Crippen LogP contribution in [0.1, 0.15) is 49.4 Å². The molecule has 1 unspecified atom stereocenters. The van der Waals surface area contributed by atoms with Crippen LogP contribution in [0.3, 0.4) is 0 Å². The monoisotopic (exact) mass is 290 g/mol. The summed E-state index contributed by atoms with van der Waals surface area (Å²) >= 11 is 0. The van der Waals surface area contributed by atoms with E-state index in [9.17, 15) is 15.0 Å². The number of aliphatic hydroxyl groups excluding tert-OH is 1. The number of imidazole rings is 1. The number of hydrogen-bond donors (Lipinski definition) is 2. The van der Waals surface area contributed by atoms with Gasteiger partial charge in [-0.25, -0.2) is 9.78 Å². The van der Waals surface area contributed by atoms with Gasteiger partial charge in [-0.1, -0.05) is 26.8 Å². The average Bonchev–Trinajstić information content (AvgIpc) is 2.78. The minimum absolute atomic E-state index is 0.0339. The number of aromatic carboxylic acids is 1. The van der Waals surface area contributed by atoms with Crippen LogP contribution in [0.15, 0.2) is 18.2 Å². The van der Waals surface area contributed by atoms with Crippen LogP contribution in [0.2, 0.25) is 0 Å². The van der Waals surface area contributed by atoms with Gasteiger partial charge in [-0.15, -0.1) is 0 Å². The molecule has 0 aliphatic rings. The SMILES string of the molecule is CCCc1nc2cccc(C(=O)O)c2n1C(CO)C(C)C. The number of fused-ring (bicyclic) bond motifs is 1. The Morgan fingerprint density at radius 2 is 2.10 bits per heavy atom. The third kappa shape index (κ3) is 2.78. The fraction of sp³-hybridized carbons (Fsp3) is 0.500. The molecule has 1 heterocycles. The number of carboxylic acid groups (broad SMARTS) is 1. The second-order valence-electron chi connectivity index (χ2n) is 5.62. The number of aromatic nitrogens is 2. The third-order valence-corrected chi connectivity index (χ3v) is 3.78. The number of nitrogens with zero attached hydrogens (tertiary/aromatic N) is 2. The number of aryl methyl sites for hydroxylation is 1. The van der Waals surface area contributed by atoms with E-state index in [2.05, 4.69) is 11.9 Å². The fourth-order valence-corrected chi connectivity index (χ4v) is 2.72. The summed E-state index contributed by atoms with van der Waals surface area (Å²) in [6.45, 7) is 6.07. The normalized spacial score (nSPS) is 13.0. The van der Waals surface area contributed by atoms with Crippen molar-refractivity contribution in [2.75, 3.05) is 6.61 Å². The van der Waals surface area contributed by atoms with E-state index in [-0.39, 0.29) is 24.1 Å². The van der Waals surface area contributed by atoms with E-state index in [0.717, 1.165) is 18.7 Å². The molecule has 0 spiro atoms. The fourth-order valence-electron chi connectivity index (χ4n) is 2.72. The summed E-state index contributed by atoms with van der Waals surface area (Å²) in [6.07, 6.45) is 1.68. The molecule has 21 heavy (non-hydrogen) atoms. The summed E-state index contributed by atoms with van der Waals surface area (Å²) in [5.41, 5.74) is 1.53. The van der Waals surface area contributed by atoms with Gasteiger partial charge in [-0.05, 0) is 24.5 Å². The molecular weight excluding hydrogens is 268 g/mol. The van der Waals surface area contributed by atoms with E-state index in [4.69, 9.17) is 0 Å². The molecule has 1 atom stereocenters. The Morgan fingerprint density at radius 3 is 2.62 bits per heavy atom. The number of carbonyl (C=O) groups is 1.